The summed E-state index contributed by atoms with van der Waals surface area (Å²) in [6, 6.07) is -0.0936. The lowest BCUT2D eigenvalue weighted by molar-refractivity contribution is 0.198. The predicted octanol–water partition coefficient (Wildman–Crippen LogP) is 1.43. The van der Waals surface area contributed by atoms with Crippen LogP contribution in [0, 0.1) is 11.3 Å². The van der Waals surface area contributed by atoms with E-state index >= 15 is 0 Å². The average Bonchev–Trinajstić information content (AvgIpc) is 2.39. The van der Waals surface area contributed by atoms with Crippen LogP contribution in [0.2, 0.25) is 0 Å². The molecule has 20 heavy (non-hydrogen) atoms. The number of carbonyl (C=O) groups excluding carboxylic acids is 1. The van der Waals surface area contributed by atoms with Gasteiger partial charge in [-0.05, 0) is 57.2 Å². The van der Waals surface area contributed by atoms with E-state index in [1.807, 2.05) is 13.8 Å². The van der Waals surface area contributed by atoms with Gasteiger partial charge in [-0.1, -0.05) is 13.8 Å². The Kier molecular flexibility index (Phi) is 7.30. The third-order valence-electron chi connectivity index (χ3n) is 4.19. The SMILES string of the molecule is CN1CCC(CCNC(=O)NCC(C)(C)CCO)CC1. The zero-order chi connectivity index (χ0) is 15.0. The summed E-state index contributed by atoms with van der Waals surface area (Å²) in [5, 5.41) is 14.8. The molecule has 1 aliphatic rings. The monoisotopic (exact) mass is 285 g/mol. The standard InChI is InChI=1S/C15H31N3O2/c1-15(2,7-11-19)12-17-14(20)16-8-4-13-5-9-18(3)10-6-13/h13,19H,4-12H2,1-3H3,(H2,16,17,20). The van der Waals surface area contributed by atoms with Gasteiger partial charge in [-0.2, -0.15) is 0 Å². The van der Waals surface area contributed by atoms with E-state index in [1.54, 1.807) is 0 Å². The molecule has 0 aromatic heterocycles. The number of hydrogen-bond donors (Lipinski definition) is 3. The number of hydrogen-bond acceptors (Lipinski definition) is 3. The summed E-state index contributed by atoms with van der Waals surface area (Å²) < 4.78 is 0. The van der Waals surface area contributed by atoms with Crippen LogP contribution >= 0.6 is 0 Å². The van der Waals surface area contributed by atoms with Crippen molar-refractivity contribution in [2.24, 2.45) is 11.3 Å². The number of aliphatic hydroxyl groups excluding tert-OH is 1. The molecule has 3 N–H and O–H groups in total. The van der Waals surface area contributed by atoms with Gasteiger partial charge in [-0.25, -0.2) is 4.79 Å². The molecular formula is C15H31N3O2. The molecule has 0 unspecified atom stereocenters. The highest BCUT2D eigenvalue weighted by Crippen LogP contribution is 2.19. The van der Waals surface area contributed by atoms with Crippen LogP contribution in [-0.2, 0) is 0 Å². The van der Waals surface area contributed by atoms with Crippen molar-refractivity contribution in [3.05, 3.63) is 0 Å². The molecule has 0 spiro atoms. The molecule has 0 aromatic rings. The molecule has 0 aliphatic carbocycles. The maximum Gasteiger partial charge on any atom is 0.314 e. The van der Waals surface area contributed by atoms with Crippen LogP contribution in [0.25, 0.3) is 0 Å². The smallest absolute Gasteiger partial charge is 0.314 e. The minimum Gasteiger partial charge on any atom is -0.396 e. The van der Waals surface area contributed by atoms with Crippen molar-refractivity contribution in [2.45, 2.75) is 39.5 Å². The zero-order valence-electron chi connectivity index (χ0n) is 13.2. The molecule has 0 saturated carbocycles. The topological polar surface area (TPSA) is 64.6 Å². The number of amides is 2. The molecular weight excluding hydrogens is 254 g/mol. The van der Waals surface area contributed by atoms with Gasteiger partial charge in [0.2, 0.25) is 0 Å². The van der Waals surface area contributed by atoms with Crippen LogP contribution in [0.15, 0.2) is 0 Å². The van der Waals surface area contributed by atoms with E-state index in [2.05, 4.69) is 22.6 Å². The van der Waals surface area contributed by atoms with Crippen molar-refractivity contribution >= 4 is 6.03 Å². The van der Waals surface area contributed by atoms with Crippen LogP contribution in [0.4, 0.5) is 4.79 Å². The number of carbonyl (C=O) groups is 1. The number of nitrogens with one attached hydrogen (secondary N) is 2. The van der Waals surface area contributed by atoms with Crippen molar-refractivity contribution in [1.82, 2.24) is 15.5 Å². The number of likely N-dealkylation sites (tertiary alicyclic amines) is 1. The summed E-state index contributed by atoms with van der Waals surface area (Å²) in [6.07, 6.45) is 4.25. The molecule has 0 bridgehead atoms. The quantitative estimate of drug-likeness (QED) is 0.663. The van der Waals surface area contributed by atoms with Crippen molar-refractivity contribution in [3.8, 4) is 0 Å². The first kappa shape index (κ1) is 17.2. The van der Waals surface area contributed by atoms with Gasteiger partial charge in [-0.15, -0.1) is 0 Å². The van der Waals surface area contributed by atoms with E-state index in [1.165, 1.54) is 25.9 Å². The second kappa shape index (κ2) is 8.47. The van der Waals surface area contributed by atoms with Crippen LogP contribution < -0.4 is 10.6 Å². The number of rotatable bonds is 7. The lowest BCUT2D eigenvalue weighted by Crippen LogP contribution is -2.42. The van der Waals surface area contributed by atoms with Gasteiger partial charge >= 0.3 is 6.03 Å². The largest absolute Gasteiger partial charge is 0.396 e. The molecule has 1 rings (SSSR count). The van der Waals surface area contributed by atoms with E-state index in [0.29, 0.717) is 13.0 Å². The average molecular weight is 285 g/mol. The van der Waals surface area contributed by atoms with Crippen LogP contribution in [0.1, 0.15) is 39.5 Å². The Morgan fingerprint density at radius 1 is 1.30 bits per heavy atom. The van der Waals surface area contributed by atoms with Gasteiger partial charge in [0.15, 0.2) is 0 Å². The maximum atomic E-state index is 11.7. The third-order valence-corrected chi connectivity index (χ3v) is 4.19. The Hall–Kier alpha value is -0.810. The summed E-state index contributed by atoms with van der Waals surface area (Å²) in [5.74, 6) is 0.748. The van der Waals surface area contributed by atoms with Crippen molar-refractivity contribution in [2.75, 3.05) is 39.8 Å². The van der Waals surface area contributed by atoms with Gasteiger partial charge < -0.3 is 20.6 Å². The fourth-order valence-corrected chi connectivity index (χ4v) is 2.51. The van der Waals surface area contributed by atoms with Gasteiger partial charge in [0.25, 0.3) is 0 Å². The Balaban J connectivity index is 2.08. The first-order valence-electron chi connectivity index (χ1n) is 7.74. The Morgan fingerprint density at radius 2 is 1.95 bits per heavy atom. The number of piperidine rings is 1. The van der Waals surface area contributed by atoms with E-state index in [4.69, 9.17) is 5.11 Å². The second-order valence-electron chi connectivity index (χ2n) is 6.78. The van der Waals surface area contributed by atoms with Crippen molar-refractivity contribution < 1.29 is 9.90 Å². The van der Waals surface area contributed by atoms with E-state index < -0.39 is 0 Å². The second-order valence-corrected chi connectivity index (χ2v) is 6.78. The minimum atomic E-state index is -0.0936. The molecule has 118 valence electrons. The molecule has 0 atom stereocenters. The zero-order valence-corrected chi connectivity index (χ0v) is 13.2. The molecule has 2 amide bonds. The van der Waals surface area contributed by atoms with Crippen LogP contribution in [0.3, 0.4) is 0 Å². The van der Waals surface area contributed by atoms with Gasteiger partial charge in [-0.3, -0.25) is 0 Å². The first-order chi connectivity index (χ1) is 9.43. The molecule has 1 aliphatic heterocycles. The first-order valence-corrected chi connectivity index (χ1v) is 7.74. The molecule has 1 saturated heterocycles. The lowest BCUT2D eigenvalue weighted by atomic mass is 9.90. The fourth-order valence-electron chi connectivity index (χ4n) is 2.51. The molecule has 0 radical (unpaired) electrons. The summed E-state index contributed by atoms with van der Waals surface area (Å²) in [6.45, 7) is 7.93. The third kappa shape index (κ3) is 7.10. The van der Waals surface area contributed by atoms with E-state index in [0.717, 1.165) is 18.9 Å². The van der Waals surface area contributed by atoms with E-state index in [9.17, 15) is 4.79 Å². The molecule has 1 fully saturated rings. The minimum absolute atomic E-state index is 0.0555. The maximum absolute atomic E-state index is 11.7. The Bertz CT molecular complexity index is 287. The van der Waals surface area contributed by atoms with Crippen LogP contribution in [0.5, 0.6) is 0 Å². The molecule has 5 heteroatoms. The van der Waals surface area contributed by atoms with Crippen LogP contribution in [-0.4, -0.2) is 55.9 Å². The molecule has 1 heterocycles. The number of aliphatic hydroxyl groups is 1. The summed E-state index contributed by atoms with van der Waals surface area (Å²) in [4.78, 5) is 14.1. The Morgan fingerprint density at radius 3 is 2.55 bits per heavy atom. The highest BCUT2D eigenvalue weighted by molar-refractivity contribution is 5.73. The summed E-state index contributed by atoms with van der Waals surface area (Å²) in [7, 11) is 2.16. The number of nitrogens with zero attached hydrogens (tertiary/aromatic N) is 1. The molecule has 5 nitrogen and oxygen atoms in total. The highest BCUT2D eigenvalue weighted by Gasteiger charge is 2.19. The van der Waals surface area contributed by atoms with E-state index in [-0.39, 0.29) is 18.1 Å². The Labute approximate surface area is 123 Å². The van der Waals surface area contributed by atoms with Gasteiger partial charge in [0.05, 0.1) is 0 Å². The fraction of sp³-hybridized carbons (Fsp3) is 0.933. The lowest BCUT2D eigenvalue weighted by Gasteiger charge is -2.29. The molecule has 0 aromatic carbocycles. The normalized spacial score (nSPS) is 18.0. The predicted molar refractivity (Wildman–Crippen MR) is 81.7 cm³/mol. The summed E-state index contributed by atoms with van der Waals surface area (Å²) in [5.41, 5.74) is -0.0555. The highest BCUT2D eigenvalue weighted by atomic mass is 16.3. The number of urea groups is 1. The van der Waals surface area contributed by atoms with Gasteiger partial charge in [0.1, 0.15) is 0 Å². The van der Waals surface area contributed by atoms with Crippen molar-refractivity contribution in [3.63, 3.8) is 0 Å². The summed E-state index contributed by atoms with van der Waals surface area (Å²) >= 11 is 0. The van der Waals surface area contributed by atoms with Gasteiger partial charge in [0, 0.05) is 19.7 Å². The van der Waals surface area contributed by atoms with Crippen molar-refractivity contribution in [1.29, 1.82) is 0 Å².